The standard InChI is InChI=1S/C25H24N6O3/c1-15(2)31-13-22(21-12-28-14-29-25(21)31)24(33)17-7-18(10-27-9-17)30-23(32)6-16-5-20(11-26-8-16)34-19-3-4-19/h5,7-15,19H,3-4,6H2,1-2H3,(H,30,32). The number of hydrogen-bond acceptors (Lipinski definition) is 7. The van der Waals surface area contributed by atoms with Crippen LogP contribution in [0.5, 0.6) is 5.75 Å². The van der Waals surface area contributed by atoms with Crippen molar-refractivity contribution in [2.45, 2.75) is 45.3 Å². The molecule has 4 heterocycles. The van der Waals surface area contributed by atoms with Gasteiger partial charge in [-0.1, -0.05) is 0 Å². The van der Waals surface area contributed by atoms with Crippen LogP contribution in [0.1, 0.15) is 54.2 Å². The molecule has 0 saturated heterocycles. The Bertz CT molecular complexity index is 1380. The zero-order chi connectivity index (χ0) is 23.7. The van der Waals surface area contributed by atoms with Gasteiger partial charge in [0.1, 0.15) is 17.7 Å². The van der Waals surface area contributed by atoms with E-state index < -0.39 is 0 Å². The second-order valence-electron chi connectivity index (χ2n) is 8.67. The van der Waals surface area contributed by atoms with Crippen molar-refractivity contribution in [3.63, 3.8) is 0 Å². The fourth-order valence-electron chi connectivity index (χ4n) is 3.75. The summed E-state index contributed by atoms with van der Waals surface area (Å²) in [6, 6.07) is 3.58. The fraction of sp³-hybridized carbons (Fsp3) is 0.280. The molecular weight excluding hydrogens is 432 g/mol. The average Bonchev–Trinajstić information content (AvgIpc) is 3.55. The first-order chi connectivity index (χ1) is 16.5. The molecule has 5 rings (SSSR count). The summed E-state index contributed by atoms with van der Waals surface area (Å²) in [4.78, 5) is 42.7. The minimum absolute atomic E-state index is 0.130. The van der Waals surface area contributed by atoms with Crippen molar-refractivity contribution in [3.05, 3.63) is 72.3 Å². The summed E-state index contributed by atoms with van der Waals surface area (Å²) in [6.07, 6.45) is 13.7. The molecule has 1 N–H and O–H groups in total. The summed E-state index contributed by atoms with van der Waals surface area (Å²) in [7, 11) is 0. The number of carbonyl (C=O) groups is 2. The maximum absolute atomic E-state index is 13.3. The summed E-state index contributed by atoms with van der Waals surface area (Å²) in [5.74, 6) is 0.227. The number of pyridine rings is 2. The number of rotatable bonds is 8. The van der Waals surface area contributed by atoms with Crippen molar-refractivity contribution >= 4 is 28.4 Å². The number of ketones is 1. The first kappa shape index (κ1) is 21.7. The summed E-state index contributed by atoms with van der Waals surface area (Å²) in [6.45, 7) is 4.05. The predicted molar refractivity (Wildman–Crippen MR) is 126 cm³/mol. The van der Waals surface area contributed by atoms with Gasteiger partial charge in [-0.25, -0.2) is 9.97 Å². The van der Waals surface area contributed by atoms with Gasteiger partial charge >= 0.3 is 0 Å². The normalized spacial score (nSPS) is 13.3. The van der Waals surface area contributed by atoms with Gasteiger partial charge in [0.2, 0.25) is 5.91 Å². The first-order valence-corrected chi connectivity index (χ1v) is 11.2. The van der Waals surface area contributed by atoms with E-state index in [0.29, 0.717) is 33.6 Å². The molecule has 34 heavy (non-hydrogen) atoms. The average molecular weight is 457 g/mol. The number of ether oxygens (including phenoxy) is 1. The Hall–Kier alpha value is -4.14. The van der Waals surface area contributed by atoms with Crippen molar-refractivity contribution in [1.82, 2.24) is 24.5 Å². The highest BCUT2D eigenvalue weighted by Gasteiger charge is 2.24. The molecule has 1 saturated carbocycles. The summed E-state index contributed by atoms with van der Waals surface area (Å²) in [5.41, 5.74) is 2.75. The van der Waals surface area contributed by atoms with E-state index in [1.165, 1.54) is 18.7 Å². The molecule has 9 heteroatoms. The van der Waals surface area contributed by atoms with E-state index in [4.69, 9.17) is 4.74 Å². The number of hydrogen-bond donors (Lipinski definition) is 1. The summed E-state index contributed by atoms with van der Waals surface area (Å²) < 4.78 is 7.69. The smallest absolute Gasteiger partial charge is 0.228 e. The Morgan fingerprint density at radius 1 is 1.09 bits per heavy atom. The Kier molecular flexibility index (Phi) is 5.75. The number of fused-ring (bicyclic) bond motifs is 1. The molecule has 0 atom stereocenters. The molecule has 0 spiro atoms. The van der Waals surface area contributed by atoms with Gasteiger partial charge in [0.25, 0.3) is 0 Å². The molecule has 1 amide bonds. The van der Waals surface area contributed by atoms with Crippen molar-refractivity contribution in [2.24, 2.45) is 0 Å². The monoisotopic (exact) mass is 456 g/mol. The van der Waals surface area contributed by atoms with Crippen LogP contribution in [0.4, 0.5) is 5.69 Å². The van der Waals surface area contributed by atoms with E-state index in [2.05, 4.69) is 25.3 Å². The van der Waals surface area contributed by atoms with E-state index in [9.17, 15) is 9.59 Å². The van der Waals surface area contributed by atoms with Gasteiger partial charge in [0.05, 0.1) is 36.2 Å². The second-order valence-corrected chi connectivity index (χ2v) is 8.67. The molecule has 0 aromatic carbocycles. The van der Waals surface area contributed by atoms with Crippen LogP contribution < -0.4 is 10.1 Å². The van der Waals surface area contributed by atoms with Crippen LogP contribution in [0.3, 0.4) is 0 Å². The lowest BCUT2D eigenvalue weighted by atomic mass is 10.1. The van der Waals surface area contributed by atoms with Crippen molar-refractivity contribution in [2.75, 3.05) is 5.32 Å². The maximum Gasteiger partial charge on any atom is 0.228 e. The molecule has 4 aromatic heterocycles. The van der Waals surface area contributed by atoms with E-state index >= 15 is 0 Å². The zero-order valence-corrected chi connectivity index (χ0v) is 18.9. The number of nitrogens with one attached hydrogen (secondary N) is 1. The minimum Gasteiger partial charge on any atom is -0.489 e. The van der Waals surface area contributed by atoms with E-state index in [1.807, 2.05) is 24.5 Å². The van der Waals surface area contributed by atoms with Crippen LogP contribution in [-0.4, -0.2) is 42.3 Å². The molecule has 4 aromatic rings. The zero-order valence-electron chi connectivity index (χ0n) is 18.9. The lowest BCUT2D eigenvalue weighted by Gasteiger charge is -2.08. The minimum atomic E-state index is -0.235. The van der Waals surface area contributed by atoms with Crippen LogP contribution in [0.15, 0.2) is 55.6 Å². The highest BCUT2D eigenvalue weighted by Crippen LogP contribution is 2.27. The van der Waals surface area contributed by atoms with E-state index in [-0.39, 0.29) is 30.3 Å². The van der Waals surface area contributed by atoms with Crippen LogP contribution in [0.2, 0.25) is 0 Å². The lowest BCUT2D eigenvalue weighted by Crippen LogP contribution is -2.15. The quantitative estimate of drug-likeness (QED) is 0.402. The lowest BCUT2D eigenvalue weighted by molar-refractivity contribution is -0.115. The van der Waals surface area contributed by atoms with Crippen LogP contribution in [-0.2, 0) is 11.2 Å². The molecular formula is C25H24N6O3. The van der Waals surface area contributed by atoms with Gasteiger partial charge in [0.15, 0.2) is 5.78 Å². The topological polar surface area (TPSA) is 112 Å². The summed E-state index contributed by atoms with van der Waals surface area (Å²) >= 11 is 0. The number of anilines is 1. The second kappa shape index (κ2) is 9.01. The van der Waals surface area contributed by atoms with Crippen LogP contribution in [0, 0.1) is 0 Å². The van der Waals surface area contributed by atoms with Crippen molar-refractivity contribution in [1.29, 1.82) is 0 Å². The van der Waals surface area contributed by atoms with E-state index in [0.717, 1.165) is 18.4 Å². The van der Waals surface area contributed by atoms with Gasteiger partial charge < -0.3 is 14.6 Å². The largest absolute Gasteiger partial charge is 0.489 e. The van der Waals surface area contributed by atoms with Gasteiger partial charge in [0, 0.05) is 41.8 Å². The Labute approximate surface area is 196 Å². The third-order valence-corrected chi connectivity index (χ3v) is 5.54. The maximum atomic E-state index is 13.3. The van der Waals surface area contributed by atoms with Gasteiger partial charge in [-0.2, -0.15) is 0 Å². The molecule has 9 nitrogen and oxygen atoms in total. The third-order valence-electron chi connectivity index (χ3n) is 5.54. The molecule has 0 aliphatic heterocycles. The van der Waals surface area contributed by atoms with Crippen molar-refractivity contribution in [3.8, 4) is 5.75 Å². The number of carbonyl (C=O) groups excluding carboxylic acids is 2. The highest BCUT2D eigenvalue weighted by atomic mass is 16.5. The summed E-state index contributed by atoms with van der Waals surface area (Å²) in [5, 5.41) is 3.50. The highest BCUT2D eigenvalue weighted by molar-refractivity contribution is 6.16. The SMILES string of the molecule is CC(C)n1cc(C(=O)c2cncc(NC(=O)Cc3cncc(OC4CC4)c3)c2)c2cncnc21. The number of amides is 1. The molecule has 172 valence electrons. The predicted octanol–water partition coefficient (Wildman–Crippen LogP) is 3.76. The van der Waals surface area contributed by atoms with Crippen LogP contribution >= 0.6 is 0 Å². The fourth-order valence-corrected chi connectivity index (χ4v) is 3.75. The third kappa shape index (κ3) is 4.63. The molecule has 0 bridgehead atoms. The van der Waals surface area contributed by atoms with Gasteiger partial charge in [-0.3, -0.25) is 19.6 Å². The van der Waals surface area contributed by atoms with Crippen LogP contribution in [0.25, 0.3) is 11.0 Å². The Morgan fingerprint density at radius 2 is 1.91 bits per heavy atom. The van der Waals surface area contributed by atoms with E-state index in [1.54, 1.807) is 30.9 Å². The van der Waals surface area contributed by atoms with Gasteiger partial charge in [-0.15, -0.1) is 0 Å². The Balaban J connectivity index is 1.32. The molecule has 1 fully saturated rings. The molecule has 0 radical (unpaired) electrons. The molecule has 1 aliphatic rings. The Morgan fingerprint density at radius 3 is 2.71 bits per heavy atom. The molecule has 0 unspecified atom stereocenters. The van der Waals surface area contributed by atoms with Gasteiger partial charge in [-0.05, 0) is 44.4 Å². The number of aromatic nitrogens is 5. The molecule has 1 aliphatic carbocycles. The first-order valence-electron chi connectivity index (χ1n) is 11.2. The van der Waals surface area contributed by atoms with Crippen molar-refractivity contribution < 1.29 is 14.3 Å². The number of nitrogens with zero attached hydrogens (tertiary/aromatic N) is 5.